The minimum atomic E-state index is -1.10. The fraction of sp³-hybridized carbons (Fsp3) is 0.462. The van der Waals surface area contributed by atoms with Gasteiger partial charge in [0.25, 0.3) is 5.91 Å². The molecule has 2 aromatic heterocycles. The molecular weight excluding hydrogens is 304 g/mol. The molecular formula is C13H18N6O4. The fourth-order valence-corrected chi connectivity index (χ4v) is 1.78. The number of nitro groups is 1. The molecule has 0 fully saturated rings. The third-order valence-electron chi connectivity index (χ3n) is 3.23. The molecule has 10 nitrogen and oxygen atoms in total. The molecule has 124 valence electrons. The molecule has 0 unspecified atom stereocenters. The Balaban J connectivity index is 2.08. The van der Waals surface area contributed by atoms with E-state index in [0.29, 0.717) is 19.0 Å². The number of carbonyl (C=O) groups is 1. The number of rotatable bonds is 7. The predicted octanol–water partition coefficient (Wildman–Crippen LogP) is 1.36. The lowest BCUT2D eigenvalue weighted by Crippen LogP contribution is -2.40. The van der Waals surface area contributed by atoms with Gasteiger partial charge in [-0.2, -0.15) is 10.2 Å². The van der Waals surface area contributed by atoms with E-state index in [9.17, 15) is 14.9 Å². The van der Waals surface area contributed by atoms with Crippen LogP contribution in [0.3, 0.4) is 0 Å². The molecule has 0 saturated heterocycles. The molecule has 2 rings (SSSR count). The van der Waals surface area contributed by atoms with Crippen molar-refractivity contribution in [3.8, 4) is 0 Å². The Labute approximate surface area is 132 Å². The Hall–Kier alpha value is -2.75. The summed E-state index contributed by atoms with van der Waals surface area (Å²) in [7, 11) is 0. The molecule has 0 radical (unpaired) electrons. The zero-order chi connectivity index (χ0) is 17.0. The van der Waals surface area contributed by atoms with Crippen molar-refractivity contribution in [2.45, 2.75) is 33.0 Å². The second-order valence-corrected chi connectivity index (χ2v) is 5.30. The highest BCUT2D eigenvalue weighted by Gasteiger charge is 2.32. The number of nitrogens with one attached hydrogen (secondary N) is 1. The van der Waals surface area contributed by atoms with Gasteiger partial charge < -0.3 is 10.1 Å². The van der Waals surface area contributed by atoms with Crippen molar-refractivity contribution in [3.05, 3.63) is 34.9 Å². The van der Waals surface area contributed by atoms with Crippen LogP contribution >= 0.6 is 0 Å². The van der Waals surface area contributed by atoms with Gasteiger partial charge in [0.2, 0.25) is 0 Å². The van der Waals surface area contributed by atoms with Crippen LogP contribution in [0.25, 0.3) is 0 Å². The lowest BCUT2D eigenvalue weighted by molar-refractivity contribution is -0.385. The zero-order valence-corrected chi connectivity index (χ0v) is 13.1. The van der Waals surface area contributed by atoms with E-state index >= 15 is 0 Å². The first-order chi connectivity index (χ1) is 10.8. The summed E-state index contributed by atoms with van der Waals surface area (Å²) in [6, 6.07) is 0. The molecule has 23 heavy (non-hydrogen) atoms. The van der Waals surface area contributed by atoms with Crippen molar-refractivity contribution < 1.29 is 14.5 Å². The van der Waals surface area contributed by atoms with Gasteiger partial charge in [0.15, 0.2) is 0 Å². The summed E-state index contributed by atoms with van der Waals surface area (Å²) >= 11 is 0. The molecule has 0 aromatic carbocycles. The summed E-state index contributed by atoms with van der Waals surface area (Å²) in [5.41, 5.74) is -0.768. The van der Waals surface area contributed by atoms with E-state index in [-0.39, 0.29) is 11.6 Å². The van der Waals surface area contributed by atoms with E-state index in [4.69, 9.17) is 4.74 Å². The smallest absolute Gasteiger partial charge is 0.307 e. The number of ether oxygens (including phenoxy) is 1. The van der Waals surface area contributed by atoms with Crippen molar-refractivity contribution in [2.75, 3.05) is 11.9 Å². The molecule has 0 aliphatic rings. The van der Waals surface area contributed by atoms with Gasteiger partial charge in [0, 0.05) is 6.61 Å². The number of nitrogens with zero attached hydrogens (tertiary/aromatic N) is 5. The first-order valence-electron chi connectivity index (χ1n) is 6.95. The number of carbonyl (C=O) groups excluding carboxylic acids is 1. The Morgan fingerprint density at radius 3 is 2.74 bits per heavy atom. The summed E-state index contributed by atoms with van der Waals surface area (Å²) in [6.45, 7) is 5.96. The average Bonchev–Trinajstić information content (AvgIpc) is 3.14. The quantitative estimate of drug-likeness (QED) is 0.607. The van der Waals surface area contributed by atoms with E-state index < -0.39 is 10.5 Å². The number of amides is 1. The van der Waals surface area contributed by atoms with Gasteiger partial charge in [-0.05, 0) is 20.8 Å². The van der Waals surface area contributed by atoms with Gasteiger partial charge >= 0.3 is 5.69 Å². The van der Waals surface area contributed by atoms with Crippen LogP contribution in [0.15, 0.2) is 24.8 Å². The zero-order valence-electron chi connectivity index (χ0n) is 13.1. The van der Waals surface area contributed by atoms with Crippen molar-refractivity contribution in [1.82, 2.24) is 19.6 Å². The van der Waals surface area contributed by atoms with E-state index in [1.165, 1.54) is 17.1 Å². The van der Waals surface area contributed by atoms with Crippen LogP contribution in [-0.2, 0) is 21.8 Å². The van der Waals surface area contributed by atoms with Crippen LogP contribution in [0, 0.1) is 10.1 Å². The maximum atomic E-state index is 12.4. The van der Waals surface area contributed by atoms with Gasteiger partial charge in [0.05, 0.1) is 23.0 Å². The van der Waals surface area contributed by atoms with Crippen LogP contribution in [0.1, 0.15) is 20.8 Å². The highest BCUT2D eigenvalue weighted by molar-refractivity contribution is 5.95. The summed E-state index contributed by atoms with van der Waals surface area (Å²) < 4.78 is 8.01. The van der Waals surface area contributed by atoms with E-state index in [0.717, 1.165) is 6.20 Å². The Morgan fingerprint density at radius 1 is 1.39 bits per heavy atom. The Morgan fingerprint density at radius 2 is 2.13 bits per heavy atom. The maximum absolute atomic E-state index is 12.4. The van der Waals surface area contributed by atoms with Crippen molar-refractivity contribution >= 4 is 17.3 Å². The van der Waals surface area contributed by atoms with Crippen LogP contribution in [0.4, 0.5) is 11.4 Å². The van der Waals surface area contributed by atoms with Crippen LogP contribution in [-0.4, -0.2) is 37.0 Å². The van der Waals surface area contributed by atoms with Crippen molar-refractivity contribution in [3.63, 3.8) is 0 Å². The lowest BCUT2D eigenvalue weighted by atomic mass is 10.1. The molecule has 0 atom stereocenters. The molecule has 1 amide bonds. The SMILES string of the molecule is CCOCn1cc(NC(=O)C(C)(C)n2cc([N+](=O)[O-])cn2)cn1. The molecule has 2 heterocycles. The highest BCUT2D eigenvalue weighted by atomic mass is 16.6. The number of hydrogen-bond donors (Lipinski definition) is 1. The van der Waals surface area contributed by atoms with Gasteiger partial charge in [0.1, 0.15) is 24.7 Å². The number of hydrogen-bond acceptors (Lipinski definition) is 6. The van der Waals surface area contributed by atoms with Crippen molar-refractivity contribution in [1.29, 1.82) is 0 Å². The summed E-state index contributed by atoms with van der Waals surface area (Å²) in [5.74, 6) is -0.369. The second-order valence-electron chi connectivity index (χ2n) is 5.30. The summed E-state index contributed by atoms with van der Waals surface area (Å²) in [5, 5.41) is 21.4. The van der Waals surface area contributed by atoms with Gasteiger partial charge in [-0.25, -0.2) is 4.68 Å². The molecule has 1 N–H and O–H groups in total. The number of aromatic nitrogens is 4. The third kappa shape index (κ3) is 3.72. The van der Waals surface area contributed by atoms with E-state index in [1.807, 2.05) is 6.92 Å². The molecule has 0 aliphatic heterocycles. The number of anilines is 1. The van der Waals surface area contributed by atoms with Crippen LogP contribution in [0.2, 0.25) is 0 Å². The largest absolute Gasteiger partial charge is 0.360 e. The molecule has 10 heteroatoms. The van der Waals surface area contributed by atoms with Crippen LogP contribution in [0.5, 0.6) is 0 Å². The van der Waals surface area contributed by atoms with Gasteiger partial charge in [-0.15, -0.1) is 0 Å². The Bertz CT molecular complexity index is 705. The maximum Gasteiger partial charge on any atom is 0.307 e. The molecule has 2 aromatic rings. The predicted molar refractivity (Wildman–Crippen MR) is 80.7 cm³/mol. The first-order valence-corrected chi connectivity index (χ1v) is 6.95. The van der Waals surface area contributed by atoms with E-state index in [1.54, 1.807) is 24.7 Å². The normalized spacial score (nSPS) is 11.4. The minimum Gasteiger partial charge on any atom is -0.360 e. The van der Waals surface area contributed by atoms with Gasteiger partial charge in [-0.1, -0.05) is 0 Å². The molecule has 0 saturated carbocycles. The minimum absolute atomic E-state index is 0.171. The second kappa shape index (κ2) is 6.57. The van der Waals surface area contributed by atoms with Crippen molar-refractivity contribution in [2.24, 2.45) is 0 Å². The van der Waals surface area contributed by atoms with Gasteiger partial charge in [-0.3, -0.25) is 19.6 Å². The average molecular weight is 322 g/mol. The van der Waals surface area contributed by atoms with E-state index in [2.05, 4.69) is 15.5 Å². The molecule has 0 bridgehead atoms. The standard InChI is InChI=1S/C13H18N6O4/c1-4-23-9-17-7-10(5-14-17)16-12(20)13(2,3)18-8-11(6-15-18)19(21)22/h5-8H,4,9H2,1-3H3,(H,16,20). The summed E-state index contributed by atoms with van der Waals surface area (Å²) in [4.78, 5) is 22.6. The topological polar surface area (TPSA) is 117 Å². The highest BCUT2D eigenvalue weighted by Crippen LogP contribution is 2.20. The lowest BCUT2D eigenvalue weighted by Gasteiger charge is -2.23. The summed E-state index contributed by atoms with van der Waals surface area (Å²) in [6.07, 6.45) is 5.46. The fourth-order valence-electron chi connectivity index (χ4n) is 1.78. The van der Waals surface area contributed by atoms with Crippen LogP contribution < -0.4 is 5.32 Å². The monoisotopic (exact) mass is 322 g/mol. The molecule has 0 spiro atoms. The Kier molecular flexibility index (Phi) is 4.74. The third-order valence-corrected chi connectivity index (χ3v) is 3.23. The first kappa shape index (κ1) is 16.6. The molecule has 0 aliphatic carbocycles.